The Morgan fingerprint density at radius 3 is 1.86 bits per heavy atom. The van der Waals surface area contributed by atoms with E-state index in [4.69, 9.17) is 0 Å². The molecule has 1 atom stereocenters. The number of imide groups is 1. The number of carbonyl (C=O) groups is 3. The van der Waals surface area contributed by atoms with Crippen LogP contribution in [-0.4, -0.2) is 38.9 Å². The minimum atomic E-state index is -1.26. The number of rotatable bonds is 19. The maximum atomic E-state index is 12.7. The van der Waals surface area contributed by atoms with Crippen molar-refractivity contribution in [3.8, 4) is 5.75 Å². The lowest BCUT2D eigenvalue weighted by molar-refractivity contribution is -0.157. The van der Waals surface area contributed by atoms with E-state index in [1.807, 2.05) is 0 Å². The van der Waals surface area contributed by atoms with Gasteiger partial charge in [0.2, 0.25) is 11.8 Å². The second kappa shape index (κ2) is 18.7. The molecule has 1 aromatic rings. The molecule has 0 saturated carbocycles. The molecular formula is C29H45NO5. The lowest BCUT2D eigenvalue weighted by Crippen LogP contribution is -2.48. The fourth-order valence-electron chi connectivity index (χ4n) is 4.18. The molecule has 0 heterocycles. The van der Waals surface area contributed by atoms with Gasteiger partial charge >= 0.3 is 5.97 Å². The average molecular weight is 488 g/mol. The summed E-state index contributed by atoms with van der Waals surface area (Å²) < 4.78 is 0. The summed E-state index contributed by atoms with van der Waals surface area (Å²) in [6, 6.07) is 4.85. The SMILES string of the molecule is CCCCCCCCC=CCCCCCCCC(=O)N(C(C)=O)C(Cc1ccc(O)cc1)C(=O)O. The summed E-state index contributed by atoms with van der Waals surface area (Å²) in [4.78, 5) is 37.5. The van der Waals surface area contributed by atoms with Crippen LogP contribution in [0.25, 0.3) is 0 Å². The van der Waals surface area contributed by atoms with Crippen molar-refractivity contribution in [3.63, 3.8) is 0 Å². The highest BCUT2D eigenvalue weighted by atomic mass is 16.4. The minimum absolute atomic E-state index is 0.00725. The van der Waals surface area contributed by atoms with Gasteiger partial charge in [0.25, 0.3) is 0 Å². The van der Waals surface area contributed by atoms with Crippen LogP contribution in [0.1, 0.15) is 109 Å². The monoisotopic (exact) mass is 487 g/mol. The van der Waals surface area contributed by atoms with E-state index in [-0.39, 0.29) is 18.6 Å². The molecule has 1 unspecified atom stereocenters. The summed E-state index contributed by atoms with van der Waals surface area (Å²) in [6.45, 7) is 3.47. The predicted octanol–water partition coefficient (Wildman–Crippen LogP) is 6.80. The summed E-state index contributed by atoms with van der Waals surface area (Å²) in [7, 11) is 0. The first-order chi connectivity index (χ1) is 16.9. The lowest BCUT2D eigenvalue weighted by Gasteiger charge is -2.26. The predicted molar refractivity (Wildman–Crippen MR) is 140 cm³/mol. The number of benzene rings is 1. The highest BCUT2D eigenvalue weighted by Crippen LogP contribution is 2.17. The van der Waals surface area contributed by atoms with Crippen LogP contribution in [-0.2, 0) is 20.8 Å². The Bertz CT molecular complexity index is 772. The van der Waals surface area contributed by atoms with Gasteiger partial charge in [0.1, 0.15) is 11.8 Å². The van der Waals surface area contributed by atoms with Gasteiger partial charge in [-0.05, 0) is 49.8 Å². The fraction of sp³-hybridized carbons (Fsp3) is 0.621. The van der Waals surface area contributed by atoms with Crippen molar-refractivity contribution in [2.24, 2.45) is 0 Å². The zero-order chi connectivity index (χ0) is 25.9. The van der Waals surface area contributed by atoms with Crippen molar-refractivity contribution in [1.29, 1.82) is 0 Å². The molecule has 0 fully saturated rings. The molecule has 0 aliphatic rings. The summed E-state index contributed by atoms with van der Waals surface area (Å²) in [5.74, 6) is -2.15. The van der Waals surface area contributed by atoms with Crippen LogP contribution in [0.5, 0.6) is 5.75 Å². The average Bonchev–Trinajstić information content (AvgIpc) is 2.82. The van der Waals surface area contributed by atoms with Gasteiger partial charge in [-0.3, -0.25) is 14.5 Å². The standard InChI is InChI=1S/C29H45NO5/c1-3-4-5-6-7-8-9-10-11-12-13-14-15-16-17-18-28(33)30(24(2)31)27(29(34)35)23-25-19-21-26(32)22-20-25/h10-11,19-22,27,32H,3-9,12-18,23H2,1-2H3,(H,34,35). The molecular weight excluding hydrogens is 442 g/mol. The van der Waals surface area contributed by atoms with Gasteiger partial charge in [-0.15, -0.1) is 0 Å². The molecule has 0 saturated heterocycles. The molecule has 1 rings (SSSR count). The van der Waals surface area contributed by atoms with Crippen LogP contribution in [0.15, 0.2) is 36.4 Å². The lowest BCUT2D eigenvalue weighted by atomic mass is 10.0. The second-order valence-electron chi connectivity index (χ2n) is 9.34. The number of aliphatic carboxylic acids is 1. The maximum absolute atomic E-state index is 12.7. The summed E-state index contributed by atoms with van der Waals surface area (Å²) >= 11 is 0. The first-order valence-electron chi connectivity index (χ1n) is 13.3. The third kappa shape index (κ3) is 13.7. The third-order valence-corrected chi connectivity index (χ3v) is 6.22. The first kappa shape index (κ1) is 30.4. The summed E-state index contributed by atoms with van der Waals surface area (Å²) in [5, 5.41) is 19.1. The van der Waals surface area contributed by atoms with E-state index in [2.05, 4.69) is 19.1 Å². The molecule has 196 valence electrons. The van der Waals surface area contributed by atoms with Crippen molar-refractivity contribution < 1.29 is 24.6 Å². The van der Waals surface area contributed by atoms with Crippen LogP contribution >= 0.6 is 0 Å². The van der Waals surface area contributed by atoms with Gasteiger partial charge in [0.15, 0.2) is 0 Å². The van der Waals surface area contributed by atoms with Gasteiger partial charge < -0.3 is 10.2 Å². The number of phenolic OH excluding ortho intramolecular Hbond substituents is 1. The van der Waals surface area contributed by atoms with E-state index in [1.54, 1.807) is 12.1 Å². The number of aromatic hydroxyl groups is 1. The van der Waals surface area contributed by atoms with Crippen LogP contribution in [0, 0.1) is 0 Å². The maximum Gasteiger partial charge on any atom is 0.327 e. The molecule has 0 aliphatic carbocycles. The van der Waals surface area contributed by atoms with E-state index >= 15 is 0 Å². The zero-order valence-corrected chi connectivity index (χ0v) is 21.7. The van der Waals surface area contributed by atoms with Crippen molar-refractivity contribution >= 4 is 17.8 Å². The summed E-state index contributed by atoms with van der Waals surface area (Å²) in [5.41, 5.74) is 0.635. The molecule has 0 bridgehead atoms. The van der Waals surface area contributed by atoms with E-state index in [0.717, 1.165) is 37.0 Å². The Morgan fingerprint density at radius 1 is 0.829 bits per heavy atom. The first-order valence-corrected chi connectivity index (χ1v) is 13.3. The van der Waals surface area contributed by atoms with Gasteiger partial charge in [-0.2, -0.15) is 0 Å². The molecule has 6 heteroatoms. The topological polar surface area (TPSA) is 94.9 Å². The van der Waals surface area contributed by atoms with Gasteiger partial charge in [0, 0.05) is 19.8 Å². The third-order valence-electron chi connectivity index (χ3n) is 6.22. The van der Waals surface area contributed by atoms with Gasteiger partial charge in [-0.25, -0.2) is 4.79 Å². The minimum Gasteiger partial charge on any atom is -0.508 e. The number of carbonyl (C=O) groups excluding carboxylic acids is 2. The van der Waals surface area contributed by atoms with E-state index in [9.17, 15) is 24.6 Å². The second-order valence-corrected chi connectivity index (χ2v) is 9.34. The number of carboxylic acid groups (broad SMARTS) is 1. The molecule has 2 N–H and O–H groups in total. The Morgan fingerprint density at radius 2 is 1.34 bits per heavy atom. The van der Waals surface area contributed by atoms with Crippen LogP contribution in [0.4, 0.5) is 0 Å². The number of carboxylic acids is 1. The number of allylic oxidation sites excluding steroid dienone is 2. The quantitative estimate of drug-likeness (QED) is 0.165. The van der Waals surface area contributed by atoms with Crippen molar-refractivity contribution in [3.05, 3.63) is 42.0 Å². The molecule has 0 radical (unpaired) electrons. The highest BCUT2D eigenvalue weighted by molar-refractivity contribution is 5.98. The smallest absolute Gasteiger partial charge is 0.327 e. The molecule has 6 nitrogen and oxygen atoms in total. The van der Waals surface area contributed by atoms with Crippen LogP contribution < -0.4 is 0 Å². The number of nitrogens with zero attached hydrogens (tertiary/aromatic N) is 1. The van der Waals surface area contributed by atoms with Gasteiger partial charge in [-0.1, -0.05) is 82.6 Å². The summed E-state index contributed by atoms with van der Waals surface area (Å²) in [6.07, 6.45) is 19.7. The number of amides is 2. The normalized spacial score (nSPS) is 12.1. The molecule has 1 aromatic carbocycles. The Balaban J connectivity index is 2.28. The largest absolute Gasteiger partial charge is 0.508 e. The van der Waals surface area contributed by atoms with Crippen LogP contribution in [0.2, 0.25) is 0 Å². The Labute approximate surface area is 211 Å². The highest BCUT2D eigenvalue weighted by Gasteiger charge is 2.32. The van der Waals surface area contributed by atoms with Crippen molar-refractivity contribution in [2.75, 3.05) is 0 Å². The number of phenols is 1. The molecule has 2 amide bonds. The number of hydrogen-bond donors (Lipinski definition) is 2. The van der Waals surface area contributed by atoms with Crippen molar-refractivity contribution in [1.82, 2.24) is 4.90 Å². The molecule has 0 spiro atoms. The van der Waals surface area contributed by atoms with E-state index < -0.39 is 23.8 Å². The fourth-order valence-corrected chi connectivity index (χ4v) is 4.18. The number of unbranched alkanes of at least 4 members (excludes halogenated alkanes) is 11. The molecule has 35 heavy (non-hydrogen) atoms. The van der Waals surface area contributed by atoms with E-state index in [0.29, 0.717) is 12.0 Å². The van der Waals surface area contributed by atoms with E-state index in [1.165, 1.54) is 64.0 Å². The van der Waals surface area contributed by atoms with Crippen LogP contribution in [0.3, 0.4) is 0 Å². The van der Waals surface area contributed by atoms with Crippen molar-refractivity contribution in [2.45, 2.75) is 116 Å². The Kier molecular flexibility index (Phi) is 16.2. The zero-order valence-electron chi connectivity index (χ0n) is 21.7. The molecule has 0 aliphatic heterocycles. The molecule has 0 aromatic heterocycles. The Hall–Kier alpha value is -2.63. The van der Waals surface area contributed by atoms with Gasteiger partial charge in [0.05, 0.1) is 0 Å². The number of hydrogen-bond acceptors (Lipinski definition) is 4.